The fraction of sp³-hybridized carbons (Fsp3) is 0.333. The van der Waals surface area contributed by atoms with Crippen molar-refractivity contribution in [2.24, 2.45) is 0 Å². The maximum atomic E-state index is 13.7. The number of aryl methyl sites for hydroxylation is 1. The number of hydrogen-bond donors (Lipinski definition) is 2. The molecular formula is C21H22F2N2O2. The molecule has 1 aliphatic rings. The van der Waals surface area contributed by atoms with E-state index in [2.05, 4.69) is 10.6 Å². The van der Waals surface area contributed by atoms with Crippen molar-refractivity contribution >= 4 is 17.5 Å². The molecule has 1 aliphatic carbocycles. The Kier molecular flexibility index (Phi) is 5.84. The zero-order valence-electron chi connectivity index (χ0n) is 15.1. The van der Waals surface area contributed by atoms with E-state index in [1.807, 2.05) is 0 Å². The van der Waals surface area contributed by atoms with E-state index in [1.54, 1.807) is 25.1 Å². The second kappa shape index (κ2) is 8.29. The molecule has 1 fully saturated rings. The van der Waals surface area contributed by atoms with E-state index < -0.39 is 17.5 Å². The predicted octanol–water partition coefficient (Wildman–Crippen LogP) is 4.59. The quantitative estimate of drug-likeness (QED) is 0.825. The number of carbonyl (C=O) groups excluding carboxylic acids is 2. The van der Waals surface area contributed by atoms with Gasteiger partial charge in [0.05, 0.1) is 5.56 Å². The summed E-state index contributed by atoms with van der Waals surface area (Å²) in [6.45, 7) is 1.76. The Morgan fingerprint density at radius 3 is 2.37 bits per heavy atom. The molecule has 0 aliphatic heterocycles. The highest BCUT2D eigenvalue weighted by Gasteiger charge is 2.18. The predicted molar refractivity (Wildman–Crippen MR) is 99.8 cm³/mol. The van der Waals surface area contributed by atoms with Crippen LogP contribution in [0.3, 0.4) is 0 Å². The zero-order valence-corrected chi connectivity index (χ0v) is 15.1. The third-order valence-corrected chi connectivity index (χ3v) is 4.85. The summed E-state index contributed by atoms with van der Waals surface area (Å²) in [4.78, 5) is 24.6. The normalized spacial score (nSPS) is 14.6. The van der Waals surface area contributed by atoms with Gasteiger partial charge in [-0.15, -0.1) is 0 Å². The molecule has 2 aromatic rings. The number of benzene rings is 2. The van der Waals surface area contributed by atoms with E-state index in [4.69, 9.17) is 0 Å². The number of anilines is 1. The van der Waals surface area contributed by atoms with E-state index >= 15 is 0 Å². The van der Waals surface area contributed by atoms with Gasteiger partial charge >= 0.3 is 0 Å². The summed E-state index contributed by atoms with van der Waals surface area (Å²) in [7, 11) is 0. The van der Waals surface area contributed by atoms with Crippen LogP contribution in [-0.4, -0.2) is 17.9 Å². The molecule has 142 valence electrons. The van der Waals surface area contributed by atoms with Crippen LogP contribution >= 0.6 is 0 Å². The van der Waals surface area contributed by atoms with Crippen molar-refractivity contribution in [3.63, 3.8) is 0 Å². The highest BCUT2D eigenvalue weighted by molar-refractivity contribution is 6.05. The van der Waals surface area contributed by atoms with E-state index in [0.717, 1.165) is 37.8 Å². The standard InChI is InChI=1S/C21H22F2N2O2/c1-13-11-14(20(26)24-16-5-3-2-4-6-16)7-10-19(13)25-21(27)17-9-8-15(22)12-18(17)23/h7-12,16H,2-6H2,1H3,(H,24,26)(H,25,27). The summed E-state index contributed by atoms with van der Waals surface area (Å²) in [5.41, 5.74) is 1.43. The number of halogens is 2. The summed E-state index contributed by atoms with van der Waals surface area (Å²) < 4.78 is 26.7. The Morgan fingerprint density at radius 1 is 0.963 bits per heavy atom. The maximum absolute atomic E-state index is 13.7. The molecule has 0 spiro atoms. The molecule has 2 amide bonds. The molecule has 0 aromatic heterocycles. The van der Waals surface area contributed by atoms with E-state index in [1.165, 1.54) is 6.42 Å². The smallest absolute Gasteiger partial charge is 0.258 e. The molecule has 0 saturated heterocycles. The summed E-state index contributed by atoms with van der Waals surface area (Å²) >= 11 is 0. The lowest BCUT2D eigenvalue weighted by Gasteiger charge is -2.23. The van der Waals surface area contributed by atoms with E-state index in [0.29, 0.717) is 22.9 Å². The van der Waals surface area contributed by atoms with Gasteiger partial charge in [0.2, 0.25) is 0 Å². The van der Waals surface area contributed by atoms with Crippen LogP contribution in [0.4, 0.5) is 14.5 Å². The number of rotatable bonds is 4. The molecule has 0 unspecified atom stereocenters. The lowest BCUT2D eigenvalue weighted by atomic mass is 9.95. The van der Waals surface area contributed by atoms with Crippen LogP contribution in [0.15, 0.2) is 36.4 Å². The second-order valence-corrected chi connectivity index (χ2v) is 6.92. The fourth-order valence-corrected chi connectivity index (χ4v) is 3.32. The average Bonchev–Trinajstić information content (AvgIpc) is 2.64. The van der Waals surface area contributed by atoms with Crippen LogP contribution in [0.1, 0.15) is 58.4 Å². The van der Waals surface area contributed by atoms with E-state index in [9.17, 15) is 18.4 Å². The molecule has 1 saturated carbocycles. The van der Waals surface area contributed by atoms with Gasteiger partial charge in [-0.25, -0.2) is 8.78 Å². The van der Waals surface area contributed by atoms with Gasteiger partial charge in [-0.2, -0.15) is 0 Å². The topological polar surface area (TPSA) is 58.2 Å². The van der Waals surface area contributed by atoms with Crippen LogP contribution in [0.2, 0.25) is 0 Å². The summed E-state index contributed by atoms with van der Waals surface area (Å²) in [5.74, 6) is -2.47. The van der Waals surface area contributed by atoms with Crippen molar-refractivity contribution in [3.8, 4) is 0 Å². The van der Waals surface area contributed by atoms with Gasteiger partial charge in [0.1, 0.15) is 11.6 Å². The van der Waals surface area contributed by atoms with Crippen molar-refractivity contribution in [3.05, 3.63) is 64.7 Å². The second-order valence-electron chi connectivity index (χ2n) is 6.92. The van der Waals surface area contributed by atoms with Crippen LogP contribution < -0.4 is 10.6 Å². The highest BCUT2D eigenvalue weighted by Crippen LogP contribution is 2.21. The molecule has 0 heterocycles. The Hall–Kier alpha value is -2.76. The Bertz CT molecular complexity index is 861. The van der Waals surface area contributed by atoms with Crippen LogP contribution in [0.25, 0.3) is 0 Å². The first-order valence-electron chi connectivity index (χ1n) is 9.12. The molecule has 2 aromatic carbocycles. The SMILES string of the molecule is Cc1cc(C(=O)NC2CCCCC2)ccc1NC(=O)c1ccc(F)cc1F. The van der Waals surface area contributed by atoms with Crippen molar-refractivity contribution in [1.29, 1.82) is 0 Å². The molecule has 2 N–H and O–H groups in total. The van der Waals surface area contributed by atoms with Crippen LogP contribution in [0.5, 0.6) is 0 Å². The first-order chi connectivity index (χ1) is 12.9. The first kappa shape index (κ1) is 19.0. The minimum absolute atomic E-state index is 0.132. The summed E-state index contributed by atoms with van der Waals surface area (Å²) in [5, 5.41) is 5.65. The zero-order chi connectivity index (χ0) is 19.4. The van der Waals surface area contributed by atoms with Gasteiger partial charge < -0.3 is 10.6 Å². The highest BCUT2D eigenvalue weighted by atomic mass is 19.1. The molecular weight excluding hydrogens is 350 g/mol. The van der Waals surface area contributed by atoms with Gasteiger partial charge in [-0.1, -0.05) is 19.3 Å². The van der Waals surface area contributed by atoms with Gasteiger partial charge in [-0.05, 0) is 55.7 Å². The van der Waals surface area contributed by atoms with Gasteiger partial charge in [0, 0.05) is 23.4 Å². The monoisotopic (exact) mass is 372 g/mol. The molecule has 0 atom stereocenters. The van der Waals surface area contributed by atoms with Gasteiger partial charge in [-0.3, -0.25) is 9.59 Å². The van der Waals surface area contributed by atoms with Crippen molar-refractivity contribution in [2.75, 3.05) is 5.32 Å². The summed E-state index contributed by atoms with van der Waals surface area (Å²) in [6.07, 6.45) is 5.49. The molecule has 6 heteroatoms. The Labute approximate surface area is 157 Å². The van der Waals surface area contributed by atoms with E-state index in [-0.39, 0.29) is 17.5 Å². The average molecular weight is 372 g/mol. The fourth-order valence-electron chi connectivity index (χ4n) is 3.32. The number of amides is 2. The minimum atomic E-state index is -0.923. The number of hydrogen-bond acceptors (Lipinski definition) is 2. The van der Waals surface area contributed by atoms with Gasteiger partial charge in [0.15, 0.2) is 0 Å². The maximum Gasteiger partial charge on any atom is 0.258 e. The largest absolute Gasteiger partial charge is 0.349 e. The van der Waals surface area contributed by atoms with Crippen LogP contribution in [-0.2, 0) is 0 Å². The Morgan fingerprint density at radius 2 is 1.70 bits per heavy atom. The number of carbonyl (C=O) groups is 2. The van der Waals surface area contributed by atoms with Crippen molar-refractivity contribution < 1.29 is 18.4 Å². The van der Waals surface area contributed by atoms with Crippen LogP contribution in [0, 0.1) is 18.6 Å². The van der Waals surface area contributed by atoms with Crippen molar-refractivity contribution in [2.45, 2.75) is 45.1 Å². The lowest BCUT2D eigenvalue weighted by Crippen LogP contribution is -2.36. The third kappa shape index (κ3) is 4.70. The van der Waals surface area contributed by atoms with Crippen molar-refractivity contribution in [1.82, 2.24) is 5.32 Å². The molecule has 0 radical (unpaired) electrons. The molecule has 3 rings (SSSR count). The number of nitrogens with one attached hydrogen (secondary N) is 2. The minimum Gasteiger partial charge on any atom is -0.349 e. The molecule has 0 bridgehead atoms. The van der Waals surface area contributed by atoms with Gasteiger partial charge in [0.25, 0.3) is 11.8 Å². The summed E-state index contributed by atoms with van der Waals surface area (Å²) in [6, 6.07) is 7.94. The first-order valence-corrected chi connectivity index (χ1v) is 9.12. The third-order valence-electron chi connectivity index (χ3n) is 4.85. The lowest BCUT2D eigenvalue weighted by molar-refractivity contribution is 0.0927. The molecule has 27 heavy (non-hydrogen) atoms. The Balaban J connectivity index is 1.68. The molecule has 4 nitrogen and oxygen atoms in total.